The molecule has 21 nitrogen and oxygen atoms in total. The van der Waals surface area contributed by atoms with E-state index in [-0.39, 0.29) is 31.1 Å². The average molecular weight is 989 g/mol. The molecule has 69 heavy (non-hydrogen) atoms. The van der Waals surface area contributed by atoms with E-state index < -0.39 is 175 Å². The second-order valence-electron chi connectivity index (χ2n) is 22.9. The lowest BCUT2D eigenvalue weighted by atomic mass is 9.33. The first kappa shape index (κ1) is 53.3. The maximum atomic E-state index is 14.8. The van der Waals surface area contributed by atoms with Crippen LogP contribution >= 0.6 is 0 Å². The number of ether oxygens (including phenoxy) is 7. The van der Waals surface area contributed by atoms with Crippen LogP contribution in [-0.4, -0.2) is 205 Å². The predicted molar refractivity (Wildman–Crippen MR) is 233 cm³/mol. The van der Waals surface area contributed by atoms with Crippen LogP contribution in [0, 0.1) is 50.2 Å². The number of carbonyl (C=O) groups excluding carboxylic acids is 2. The zero-order valence-corrected chi connectivity index (χ0v) is 40.3. The standard InChI is InChI=1S/C48H76O21/c1-43(41(61)63-6)11-13-48(42(62)69-40-36(60)33(57)30(54)25(18-50)66-40)14-12-46(4)21(22(48)15-43)7-8-28-44(2)16-23(52)37(45(3,20-51)27(44)9-10-47(28,46)5)68-38-34(58)31(55)26(19-64-38)67-39-35(59)32(56)29(53)24(17-49)65-39/h7,22-40,49-60H,8-20H2,1-6H3/t22-,23+,24-,25-,26-,27?,28-,29-,30-,31+,32+,33+,34-,35-,36-,37+,38+,39+,40+,43-,44+,45+,46-,47-,48+/m1/s1. The molecule has 0 bridgehead atoms. The van der Waals surface area contributed by atoms with Crippen molar-refractivity contribution in [3.63, 3.8) is 0 Å². The monoisotopic (exact) mass is 988 g/mol. The molecule has 5 aliphatic carbocycles. The highest BCUT2D eigenvalue weighted by atomic mass is 16.7. The first-order valence-electron chi connectivity index (χ1n) is 24.5. The summed E-state index contributed by atoms with van der Waals surface area (Å²) in [5.41, 5.74) is -3.81. The number of fused-ring (bicyclic) bond motifs is 7. The van der Waals surface area contributed by atoms with Crippen LogP contribution in [0.2, 0.25) is 0 Å². The topological polar surface area (TPSA) is 342 Å². The van der Waals surface area contributed by atoms with E-state index in [1.54, 1.807) is 0 Å². The molecule has 3 saturated heterocycles. The number of hydrogen-bond donors (Lipinski definition) is 12. The van der Waals surface area contributed by atoms with E-state index >= 15 is 0 Å². The van der Waals surface area contributed by atoms with E-state index in [0.29, 0.717) is 38.5 Å². The summed E-state index contributed by atoms with van der Waals surface area (Å²) in [5, 5.41) is 128. The summed E-state index contributed by atoms with van der Waals surface area (Å²) in [5.74, 6) is -1.90. The maximum absolute atomic E-state index is 14.8. The predicted octanol–water partition coefficient (Wildman–Crippen LogP) is -2.12. The molecular weight excluding hydrogens is 913 g/mol. The molecule has 0 aromatic heterocycles. The fourth-order valence-electron chi connectivity index (χ4n) is 15.1. The minimum absolute atomic E-state index is 0.0678. The van der Waals surface area contributed by atoms with Gasteiger partial charge in [-0.25, -0.2) is 0 Å². The van der Waals surface area contributed by atoms with Crippen molar-refractivity contribution in [2.45, 2.75) is 191 Å². The Morgan fingerprint density at radius 2 is 1.26 bits per heavy atom. The highest BCUT2D eigenvalue weighted by molar-refractivity contribution is 5.81. The lowest BCUT2D eigenvalue weighted by Crippen LogP contribution is -2.69. The summed E-state index contributed by atoms with van der Waals surface area (Å²) in [6.07, 6.45) is -18.7. The molecule has 7 fully saturated rings. The Morgan fingerprint density at radius 3 is 1.87 bits per heavy atom. The van der Waals surface area contributed by atoms with Crippen molar-refractivity contribution in [3.8, 4) is 0 Å². The van der Waals surface area contributed by atoms with E-state index in [9.17, 15) is 70.9 Å². The first-order chi connectivity index (χ1) is 32.4. The summed E-state index contributed by atoms with van der Waals surface area (Å²) >= 11 is 0. The normalized spacial score (nSPS) is 54.2. The highest BCUT2D eigenvalue weighted by Crippen LogP contribution is 2.76. The van der Waals surface area contributed by atoms with Gasteiger partial charge in [0.1, 0.15) is 67.1 Å². The summed E-state index contributed by atoms with van der Waals surface area (Å²) in [6.45, 7) is 8.10. The second kappa shape index (κ2) is 19.0. The summed E-state index contributed by atoms with van der Waals surface area (Å²) in [4.78, 5) is 28.3. The van der Waals surface area contributed by atoms with Crippen molar-refractivity contribution in [2.75, 3.05) is 33.5 Å². The quantitative estimate of drug-likeness (QED) is 0.0632. The molecule has 1 unspecified atom stereocenters. The summed E-state index contributed by atoms with van der Waals surface area (Å²) in [7, 11) is 1.34. The number of aliphatic hydroxyl groups excluding tert-OH is 12. The SMILES string of the molecule is COC(=O)[C@]1(C)CC[C@]2(C(=O)O[C@@H]3O[C@H](CO)[C@@H](O)[C@H](O)[C@H]3O)CC[C@]3(C)C(=CC[C@@H]4[C@@]5(C)C[C@H](O)[C@H](O[C@@H]6OC[C@@H](O[C@@H]7O[C@H](CO)[C@@H](O)[C@H](O)[C@H]7O)[C@H](O)[C@H]6O)[C@@](C)(CO)C5CC[C@]43C)[C@H]2C1. The minimum atomic E-state index is -1.80. The van der Waals surface area contributed by atoms with Crippen LogP contribution in [0.25, 0.3) is 0 Å². The molecule has 0 aromatic rings. The summed E-state index contributed by atoms with van der Waals surface area (Å²) in [6, 6.07) is 0. The molecule has 8 rings (SSSR count). The zero-order valence-electron chi connectivity index (χ0n) is 40.3. The maximum Gasteiger partial charge on any atom is 0.315 e. The molecule has 3 heterocycles. The molecule has 4 saturated carbocycles. The first-order valence-corrected chi connectivity index (χ1v) is 24.5. The van der Waals surface area contributed by atoms with Crippen LogP contribution < -0.4 is 0 Å². The van der Waals surface area contributed by atoms with E-state index in [1.807, 2.05) is 13.8 Å². The number of hydrogen-bond acceptors (Lipinski definition) is 21. The van der Waals surface area contributed by atoms with Crippen LogP contribution in [0.3, 0.4) is 0 Å². The number of methoxy groups -OCH3 is 1. The third-order valence-corrected chi connectivity index (χ3v) is 19.5. The lowest BCUT2D eigenvalue weighted by molar-refractivity contribution is -0.357. The molecule has 8 aliphatic rings. The van der Waals surface area contributed by atoms with Gasteiger partial charge in [-0.05, 0) is 98.7 Å². The number of allylic oxidation sites excluding steroid dienone is 2. The third-order valence-electron chi connectivity index (χ3n) is 19.5. The van der Waals surface area contributed by atoms with E-state index in [1.165, 1.54) is 7.11 Å². The molecule has 0 radical (unpaired) electrons. The highest BCUT2D eigenvalue weighted by Gasteiger charge is 2.72. The van der Waals surface area contributed by atoms with Gasteiger partial charge in [0.2, 0.25) is 6.29 Å². The van der Waals surface area contributed by atoms with E-state index in [2.05, 4.69) is 26.8 Å². The van der Waals surface area contributed by atoms with Crippen molar-refractivity contribution in [3.05, 3.63) is 11.6 Å². The van der Waals surface area contributed by atoms with Crippen LogP contribution in [0.5, 0.6) is 0 Å². The van der Waals surface area contributed by atoms with Crippen LogP contribution in [0.4, 0.5) is 0 Å². The number of aliphatic hydroxyl groups is 12. The third kappa shape index (κ3) is 8.16. The summed E-state index contributed by atoms with van der Waals surface area (Å²) < 4.78 is 40.3. The molecule has 394 valence electrons. The fourth-order valence-corrected chi connectivity index (χ4v) is 15.1. The fraction of sp³-hybridized carbons (Fsp3) is 0.917. The Labute approximate surface area is 401 Å². The largest absolute Gasteiger partial charge is 0.469 e. The van der Waals surface area contributed by atoms with Crippen LogP contribution in [0.15, 0.2) is 11.6 Å². The Bertz CT molecular complexity index is 1920. The number of rotatable bonds is 10. The van der Waals surface area contributed by atoms with E-state index in [4.69, 9.17) is 33.2 Å². The van der Waals surface area contributed by atoms with Gasteiger partial charge in [-0.15, -0.1) is 0 Å². The van der Waals surface area contributed by atoms with Gasteiger partial charge in [0.05, 0.1) is 56.6 Å². The molecular formula is C48H76O21. The van der Waals surface area contributed by atoms with Crippen molar-refractivity contribution in [1.82, 2.24) is 0 Å². The lowest BCUT2D eigenvalue weighted by Gasteiger charge is -2.71. The van der Waals surface area contributed by atoms with Crippen molar-refractivity contribution >= 4 is 11.9 Å². The molecule has 12 N–H and O–H groups in total. The molecule has 25 atom stereocenters. The zero-order chi connectivity index (χ0) is 50.6. The second-order valence-corrected chi connectivity index (χ2v) is 22.9. The van der Waals surface area contributed by atoms with Gasteiger partial charge < -0.3 is 94.4 Å². The molecule has 0 spiro atoms. The number of carbonyl (C=O) groups is 2. The van der Waals surface area contributed by atoms with Gasteiger partial charge >= 0.3 is 11.9 Å². The molecule has 3 aliphatic heterocycles. The van der Waals surface area contributed by atoms with Gasteiger partial charge in [0.15, 0.2) is 12.6 Å². The van der Waals surface area contributed by atoms with Gasteiger partial charge in [-0.2, -0.15) is 0 Å². The van der Waals surface area contributed by atoms with Gasteiger partial charge in [0.25, 0.3) is 0 Å². The Kier molecular flexibility index (Phi) is 14.7. The Balaban J connectivity index is 1.04. The van der Waals surface area contributed by atoms with Gasteiger partial charge in [-0.3, -0.25) is 9.59 Å². The number of esters is 2. The minimum Gasteiger partial charge on any atom is -0.469 e. The molecule has 21 heteroatoms. The van der Waals surface area contributed by atoms with Gasteiger partial charge in [-0.1, -0.05) is 39.3 Å². The molecule has 0 aromatic carbocycles. The van der Waals surface area contributed by atoms with Crippen molar-refractivity contribution in [1.29, 1.82) is 0 Å². The Morgan fingerprint density at radius 1 is 0.667 bits per heavy atom. The van der Waals surface area contributed by atoms with Gasteiger partial charge in [0, 0.05) is 5.41 Å². The van der Waals surface area contributed by atoms with E-state index in [0.717, 1.165) is 5.57 Å². The average Bonchev–Trinajstić information content (AvgIpc) is 3.32. The van der Waals surface area contributed by atoms with Crippen molar-refractivity contribution in [2.24, 2.45) is 50.2 Å². The van der Waals surface area contributed by atoms with Crippen LogP contribution in [-0.2, 0) is 42.7 Å². The molecule has 0 amide bonds. The van der Waals surface area contributed by atoms with Crippen LogP contribution in [0.1, 0.15) is 92.4 Å². The Hall–Kier alpha value is -2.00. The smallest absolute Gasteiger partial charge is 0.315 e. The van der Waals surface area contributed by atoms with Crippen molar-refractivity contribution < 1.29 is 104 Å².